The van der Waals surface area contributed by atoms with E-state index in [0.29, 0.717) is 0 Å². The molecule has 0 amide bonds. The lowest BCUT2D eigenvalue weighted by molar-refractivity contribution is 1.20. The van der Waals surface area contributed by atoms with E-state index < -0.39 is 0 Å². The molecular formula is C18H21NS. The molecule has 2 heteroatoms. The number of nitriles is 1. The Balaban J connectivity index is 3.22. The number of nitrogens with zero attached hydrogens (tertiary/aromatic N) is 1. The van der Waals surface area contributed by atoms with Gasteiger partial charge in [0, 0.05) is 4.90 Å². The molecule has 2 rings (SSSR count). The third-order valence-corrected chi connectivity index (χ3v) is 5.61. The topological polar surface area (TPSA) is 23.8 Å². The summed E-state index contributed by atoms with van der Waals surface area (Å²) in [5.41, 5.74) is 8.59. The third-order valence-electron chi connectivity index (χ3n) is 4.70. The van der Waals surface area contributed by atoms with Gasteiger partial charge in [0.05, 0.1) is 5.56 Å². The maximum atomic E-state index is 9.54. The Kier molecular flexibility index (Phi) is 3.84. The fraction of sp³-hybridized carbons (Fsp3) is 0.389. The van der Waals surface area contributed by atoms with Crippen LogP contribution in [0.5, 0.6) is 0 Å². The maximum absolute atomic E-state index is 9.54. The van der Waals surface area contributed by atoms with Crippen LogP contribution in [0.15, 0.2) is 4.90 Å². The van der Waals surface area contributed by atoms with Gasteiger partial charge in [0.1, 0.15) is 6.07 Å². The smallest absolute Gasteiger partial charge is 0.101 e. The molecule has 0 saturated heterocycles. The lowest BCUT2D eigenvalue weighted by atomic mass is 9.86. The van der Waals surface area contributed by atoms with Crippen molar-refractivity contribution in [2.75, 3.05) is 6.26 Å². The highest BCUT2D eigenvalue weighted by molar-refractivity contribution is 7.98. The first kappa shape index (κ1) is 14.9. The zero-order chi connectivity index (χ0) is 15.2. The van der Waals surface area contributed by atoms with E-state index in [1.165, 1.54) is 38.6 Å². The predicted octanol–water partition coefficient (Wildman–Crippen LogP) is 5.28. The van der Waals surface area contributed by atoms with Crippen LogP contribution in [0.2, 0.25) is 0 Å². The van der Waals surface area contributed by atoms with Crippen LogP contribution in [0.3, 0.4) is 0 Å². The van der Waals surface area contributed by atoms with Crippen LogP contribution in [0.1, 0.15) is 38.9 Å². The summed E-state index contributed by atoms with van der Waals surface area (Å²) in [6, 6.07) is 2.41. The van der Waals surface area contributed by atoms with E-state index in [1.54, 1.807) is 11.8 Å². The Hall–Kier alpha value is -1.46. The van der Waals surface area contributed by atoms with E-state index in [4.69, 9.17) is 0 Å². The van der Waals surface area contributed by atoms with Gasteiger partial charge in [-0.2, -0.15) is 5.26 Å². The molecule has 0 unspecified atom stereocenters. The van der Waals surface area contributed by atoms with E-state index in [1.807, 2.05) is 0 Å². The van der Waals surface area contributed by atoms with Crippen LogP contribution in [0.4, 0.5) is 0 Å². The SMILES string of the molecule is CSc1c(C#N)c(C)c2c(C)c(C)c(C)c(C)c2c1C. The van der Waals surface area contributed by atoms with Crippen LogP contribution in [-0.4, -0.2) is 6.26 Å². The third kappa shape index (κ3) is 1.84. The first-order valence-corrected chi connectivity index (χ1v) is 8.06. The van der Waals surface area contributed by atoms with Crippen molar-refractivity contribution in [1.29, 1.82) is 5.26 Å². The molecule has 2 aromatic carbocycles. The first-order valence-electron chi connectivity index (χ1n) is 6.84. The number of fused-ring (bicyclic) bond motifs is 1. The predicted molar refractivity (Wildman–Crippen MR) is 88.9 cm³/mol. The summed E-state index contributed by atoms with van der Waals surface area (Å²) < 4.78 is 0. The normalized spacial score (nSPS) is 10.9. The summed E-state index contributed by atoms with van der Waals surface area (Å²) in [6.45, 7) is 13.0. The van der Waals surface area contributed by atoms with Crippen molar-refractivity contribution < 1.29 is 0 Å². The molecule has 0 N–H and O–H groups in total. The van der Waals surface area contributed by atoms with E-state index >= 15 is 0 Å². The monoisotopic (exact) mass is 283 g/mol. The average molecular weight is 283 g/mol. The molecule has 1 nitrogen and oxygen atoms in total. The molecule has 2 aromatic rings. The number of hydrogen-bond acceptors (Lipinski definition) is 2. The van der Waals surface area contributed by atoms with Crippen LogP contribution < -0.4 is 0 Å². The molecule has 104 valence electrons. The summed E-state index contributed by atoms with van der Waals surface area (Å²) in [5.74, 6) is 0. The quantitative estimate of drug-likeness (QED) is 0.664. The van der Waals surface area contributed by atoms with Gasteiger partial charge in [0.15, 0.2) is 0 Å². The molecule has 0 saturated carbocycles. The number of thioether (sulfide) groups is 1. The fourth-order valence-electron chi connectivity index (χ4n) is 3.24. The van der Waals surface area contributed by atoms with Gasteiger partial charge >= 0.3 is 0 Å². The van der Waals surface area contributed by atoms with Crippen LogP contribution in [-0.2, 0) is 0 Å². The van der Waals surface area contributed by atoms with Gasteiger partial charge in [-0.25, -0.2) is 0 Å². The summed E-state index contributed by atoms with van der Waals surface area (Å²) in [6.07, 6.45) is 2.05. The Morgan fingerprint density at radius 1 is 0.700 bits per heavy atom. The van der Waals surface area contributed by atoms with Crippen molar-refractivity contribution in [1.82, 2.24) is 0 Å². The zero-order valence-corrected chi connectivity index (χ0v) is 14.2. The minimum absolute atomic E-state index is 0.841. The molecule has 20 heavy (non-hydrogen) atoms. The minimum Gasteiger partial charge on any atom is -0.192 e. The molecule has 0 aliphatic rings. The molecule has 0 bridgehead atoms. The molecule has 0 aliphatic carbocycles. The van der Waals surface area contributed by atoms with E-state index in [2.05, 4.69) is 53.9 Å². The molecule has 0 heterocycles. The Morgan fingerprint density at radius 3 is 1.55 bits per heavy atom. The highest BCUT2D eigenvalue weighted by Gasteiger charge is 2.19. The van der Waals surface area contributed by atoms with Crippen molar-refractivity contribution >= 4 is 22.5 Å². The largest absolute Gasteiger partial charge is 0.192 e. The van der Waals surface area contributed by atoms with Crippen molar-refractivity contribution in [3.63, 3.8) is 0 Å². The Morgan fingerprint density at radius 2 is 1.15 bits per heavy atom. The second-order valence-corrected chi connectivity index (χ2v) is 6.34. The number of aryl methyl sites for hydroxylation is 4. The van der Waals surface area contributed by atoms with Crippen molar-refractivity contribution in [2.45, 2.75) is 46.4 Å². The Labute approximate surface area is 126 Å². The van der Waals surface area contributed by atoms with Crippen LogP contribution in [0.25, 0.3) is 10.8 Å². The van der Waals surface area contributed by atoms with Crippen molar-refractivity contribution in [3.05, 3.63) is 38.9 Å². The maximum Gasteiger partial charge on any atom is 0.101 e. The fourth-order valence-corrected chi connectivity index (χ4v) is 4.05. The molecule has 0 fully saturated rings. The summed E-state index contributed by atoms with van der Waals surface area (Å²) in [7, 11) is 0. The van der Waals surface area contributed by atoms with Gasteiger partial charge in [-0.3, -0.25) is 0 Å². The van der Waals surface area contributed by atoms with Gasteiger partial charge in [-0.1, -0.05) is 0 Å². The lowest BCUT2D eigenvalue weighted by Crippen LogP contribution is -2.01. The summed E-state index contributed by atoms with van der Waals surface area (Å²) in [4.78, 5) is 1.13. The van der Waals surface area contributed by atoms with E-state index in [-0.39, 0.29) is 0 Å². The highest BCUT2D eigenvalue weighted by atomic mass is 32.2. The average Bonchev–Trinajstić information content (AvgIpc) is 2.43. The molecule has 0 atom stereocenters. The van der Waals surface area contributed by atoms with Gasteiger partial charge in [0.2, 0.25) is 0 Å². The van der Waals surface area contributed by atoms with E-state index in [9.17, 15) is 5.26 Å². The van der Waals surface area contributed by atoms with Gasteiger partial charge in [0.25, 0.3) is 0 Å². The van der Waals surface area contributed by atoms with Gasteiger partial charge < -0.3 is 0 Å². The molecule has 0 aromatic heterocycles. The second-order valence-electron chi connectivity index (χ2n) is 5.52. The summed E-state index contributed by atoms with van der Waals surface area (Å²) >= 11 is 1.68. The molecule has 0 spiro atoms. The minimum atomic E-state index is 0.841. The first-order chi connectivity index (χ1) is 9.36. The highest BCUT2D eigenvalue weighted by Crippen LogP contribution is 2.40. The second kappa shape index (κ2) is 5.14. The molecule has 0 radical (unpaired) electrons. The zero-order valence-electron chi connectivity index (χ0n) is 13.4. The number of rotatable bonds is 1. The standard InChI is InChI=1S/C18H21NS/c1-9-10(2)12(4)17-14(6)18(20-7)15(8-19)13(5)16(17)11(9)3/h1-7H3. The van der Waals surface area contributed by atoms with Crippen molar-refractivity contribution in [2.24, 2.45) is 0 Å². The van der Waals surface area contributed by atoms with E-state index in [0.717, 1.165) is 16.0 Å². The molecular weight excluding hydrogens is 262 g/mol. The van der Waals surface area contributed by atoms with Crippen LogP contribution >= 0.6 is 11.8 Å². The van der Waals surface area contributed by atoms with Crippen molar-refractivity contribution in [3.8, 4) is 6.07 Å². The number of benzene rings is 2. The number of hydrogen-bond donors (Lipinski definition) is 0. The summed E-state index contributed by atoms with van der Waals surface area (Å²) in [5, 5.41) is 12.1. The lowest BCUT2D eigenvalue weighted by Gasteiger charge is -2.21. The van der Waals surface area contributed by atoms with Gasteiger partial charge in [-0.05, 0) is 92.0 Å². The van der Waals surface area contributed by atoms with Gasteiger partial charge in [-0.15, -0.1) is 11.8 Å². The van der Waals surface area contributed by atoms with Crippen LogP contribution in [0, 0.1) is 52.9 Å². The molecule has 0 aliphatic heterocycles. The Bertz CT molecular complexity index is 764.